The van der Waals surface area contributed by atoms with E-state index in [4.69, 9.17) is 5.73 Å². The molecule has 21 heavy (non-hydrogen) atoms. The summed E-state index contributed by atoms with van der Waals surface area (Å²) in [5, 5.41) is 3.91. The van der Waals surface area contributed by atoms with Gasteiger partial charge in [0, 0.05) is 0 Å². The van der Waals surface area contributed by atoms with Gasteiger partial charge in [-0.25, -0.2) is 0 Å². The van der Waals surface area contributed by atoms with E-state index < -0.39 is 21.7 Å². The van der Waals surface area contributed by atoms with Crippen LogP contribution in [0.15, 0.2) is 23.0 Å². The summed E-state index contributed by atoms with van der Waals surface area (Å²) < 4.78 is 16.8. The summed E-state index contributed by atoms with van der Waals surface area (Å²) in [6.45, 7) is 1.60. The number of amides is 1. The number of hydrogen-bond donors (Lipinski definition) is 1. The third-order valence-corrected chi connectivity index (χ3v) is 6.37. The number of benzene rings is 1. The van der Waals surface area contributed by atoms with Crippen molar-refractivity contribution in [2.24, 2.45) is 12.8 Å². The average Bonchev–Trinajstić information content (AvgIpc) is 2.41. The van der Waals surface area contributed by atoms with Crippen LogP contribution in [0.3, 0.4) is 0 Å². The second kappa shape index (κ2) is 6.27. The number of nitrogens with zero attached hydrogens (tertiary/aromatic N) is 2. The molecule has 1 aromatic heterocycles. The van der Waals surface area contributed by atoms with Crippen molar-refractivity contribution in [3.8, 4) is 0 Å². The Morgan fingerprint density at radius 3 is 2.71 bits per heavy atom. The zero-order valence-electron chi connectivity index (χ0n) is 11.2. The first-order chi connectivity index (χ1) is 9.81. The molecular weight excluding hydrogens is 451 g/mol. The van der Waals surface area contributed by atoms with Crippen LogP contribution in [0, 0.1) is 16.3 Å². The van der Waals surface area contributed by atoms with E-state index in [-0.39, 0.29) is 17.1 Å². The minimum absolute atomic E-state index is 0.0348. The van der Waals surface area contributed by atoms with Crippen LogP contribution in [0.2, 0.25) is 0 Å². The summed E-state index contributed by atoms with van der Waals surface area (Å²) in [6, 6.07) is 4.86. The van der Waals surface area contributed by atoms with E-state index in [1.54, 1.807) is 19.1 Å². The number of primary amides is 1. The predicted octanol–water partition coefficient (Wildman–Crippen LogP) is -0.414. The second-order valence-corrected chi connectivity index (χ2v) is 7.99. The van der Waals surface area contributed by atoms with Crippen LogP contribution in [0.1, 0.15) is 16.1 Å². The molecule has 0 aliphatic heterocycles. The van der Waals surface area contributed by atoms with Crippen LogP contribution in [0.5, 0.6) is 0 Å². The maximum absolute atomic E-state index is 14.0. The molecule has 2 aromatic rings. The molecule has 0 saturated heterocycles. The van der Waals surface area contributed by atoms with Gasteiger partial charge in [-0.15, -0.1) is 0 Å². The van der Waals surface area contributed by atoms with E-state index >= 15 is 0 Å². The van der Waals surface area contributed by atoms with Crippen LogP contribution in [-0.2, 0) is 7.05 Å². The van der Waals surface area contributed by atoms with Gasteiger partial charge in [-0.05, 0) is 0 Å². The van der Waals surface area contributed by atoms with Gasteiger partial charge in [-0.1, -0.05) is 0 Å². The fraction of sp³-hybridized carbons (Fsp3) is 0.154. The fourth-order valence-corrected chi connectivity index (χ4v) is 4.49. The number of hydrogen-bond acceptors (Lipinski definition) is 3. The van der Waals surface area contributed by atoms with Crippen LogP contribution in [-0.4, -0.2) is 31.4 Å². The van der Waals surface area contributed by atoms with Crippen LogP contribution >= 0.6 is 22.6 Å². The number of carbonyl (C=O) groups excluding carboxylic acids is 1. The molecule has 0 fully saturated rings. The van der Waals surface area contributed by atoms with E-state index in [2.05, 4.69) is 5.10 Å². The summed E-state index contributed by atoms with van der Waals surface area (Å²) in [7, 11) is 1.45. The first-order valence-electron chi connectivity index (χ1n) is 5.85. The Bertz CT molecular complexity index is 792. The normalized spacial score (nSPS) is 11.2. The summed E-state index contributed by atoms with van der Waals surface area (Å²) in [4.78, 5) is 23.5. The molecule has 0 bridgehead atoms. The Morgan fingerprint density at radius 2 is 2.14 bits per heavy atom. The van der Waals surface area contributed by atoms with Gasteiger partial charge in [0.15, 0.2) is 0 Å². The van der Waals surface area contributed by atoms with Crippen molar-refractivity contribution in [1.82, 2.24) is 9.78 Å². The molecule has 0 atom stereocenters. The SMILES string of the molecule is Cc1c([As]c2ccc(I)cc2F)c(C(N)=O)nn(C)c1=O. The number of rotatable bonds is 3. The van der Waals surface area contributed by atoms with Gasteiger partial charge in [0.2, 0.25) is 0 Å². The standard InChI is InChI=1S/C13H11AsFIN3O2/c1-6-10(11(12(17)20)18-19(2)13(6)21)14-8-4-3-7(16)5-9(8)15/h3-5H,1-2H3,(H2,17,20). The average molecular weight is 462 g/mol. The van der Waals surface area contributed by atoms with Gasteiger partial charge in [0.25, 0.3) is 0 Å². The van der Waals surface area contributed by atoms with Crippen molar-refractivity contribution >= 4 is 53.0 Å². The van der Waals surface area contributed by atoms with Crippen LogP contribution < -0.4 is 20.0 Å². The molecule has 0 aliphatic carbocycles. The second-order valence-electron chi connectivity index (χ2n) is 4.32. The zero-order valence-corrected chi connectivity index (χ0v) is 15.3. The summed E-state index contributed by atoms with van der Waals surface area (Å²) in [5.74, 6) is -1.07. The molecule has 2 rings (SSSR count). The number of aryl methyl sites for hydroxylation is 1. The van der Waals surface area contributed by atoms with Crippen molar-refractivity contribution in [3.63, 3.8) is 0 Å². The molecule has 5 nitrogen and oxygen atoms in total. The summed E-state index contributed by atoms with van der Waals surface area (Å²) in [5.41, 5.74) is 5.44. The third kappa shape index (κ3) is 3.35. The Hall–Kier alpha value is -1.21. The minimum atomic E-state index is -0.896. The number of nitrogens with two attached hydrogens (primary N) is 1. The molecular formula is C13H11AsFIN3O2. The molecule has 2 N–H and O–H groups in total. The molecule has 1 heterocycles. The number of carbonyl (C=O) groups is 1. The van der Waals surface area contributed by atoms with Crippen molar-refractivity contribution in [3.05, 3.63) is 49.2 Å². The van der Waals surface area contributed by atoms with E-state index in [9.17, 15) is 14.0 Å². The van der Waals surface area contributed by atoms with Gasteiger partial charge < -0.3 is 0 Å². The van der Waals surface area contributed by atoms with Gasteiger partial charge >= 0.3 is 141 Å². The molecule has 0 spiro atoms. The monoisotopic (exact) mass is 462 g/mol. The Labute approximate surface area is 140 Å². The topological polar surface area (TPSA) is 78.0 Å². The Balaban J connectivity index is 2.60. The molecule has 1 amide bonds. The predicted molar refractivity (Wildman–Crippen MR) is 86.9 cm³/mol. The van der Waals surface area contributed by atoms with E-state index in [0.717, 1.165) is 8.25 Å². The Kier molecular flexibility index (Phi) is 4.83. The van der Waals surface area contributed by atoms with Crippen molar-refractivity contribution < 1.29 is 9.18 Å². The molecule has 0 saturated carbocycles. The maximum atomic E-state index is 14.0. The molecule has 1 radical (unpaired) electrons. The van der Waals surface area contributed by atoms with E-state index in [0.29, 0.717) is 14.3 Å². The first-order valence-corrected chi connectivity index (χ1v) is 8.81. The van der Waals surface area contributed by atoms with Gasteiger partial charge in [0.05, 0.1) is 0 Å². The van der Waals surface area contributed by atoms with Gasteiger partial charge in [-0.3, -0.25) is 0 Å². The molecule has 109 valence electrons. The van der Waals surface area contributed by atoms with E-state index in [1.807, 2.05) is 22.6 Å². The number of halogens is 2. The van der Waals surface area contributed by atoms with Crippen molar-refractivity contribution in [2.45, 2.75) is 6.92 Å². The van der Waals surface area contributed by atoms with Crippen LogP contribution in [0.25, 0.3) is 0 Å². The molecule has 8 heteroatoms. The van der Waals surface area contributed by atoms with E-state index in [1.165, 1.54) is 13.1 Å². The zero-order chi connectivity index (χ0) is 15.7. The third-order valence-electron chi connectivity index (χ3n) is 2.82. The fourth-order valence-electron chi connectivity index (χ4n) is 1.76. The molecule has 1 aromatic carbocycles. The molecule has 0 unspecified atom stereocenters. The van der Waals surface area contributed by atoms with Crippen molar-refractivity contribution in [2.75, 3.05) is 0 Å². The van der Waals surface area contributed by atoms with Crippen molar-refractivity contribution in [1.29, 1.82) is 0 Å². The summed E-state index contributed by atoms with van der Waals surface area (Å²) >= 11 is 1.12. The summed E-state index contributed by atoms with van der Waals surface area (Å²) in [6.07, 6.45) is 0. The molecule has 0 aliphatic rings. The van der Waals surface area contributed by atoms with Gasteiger partial charge in [-0.2, -0.15) is 0 Å². The number of aromatic nitrogens is 2. The Morgan fingerprint density at radius 1 is 1.48 bits per heavy atom. The first kappa shape index (κ1) is 16.2. The van der Waals surface area contributed by atoms with Crippen LogP contribution in [0.4, 0.5) is 4.39 Å². The van der Waals surface area contributed by atoms with Gasteiger partial charge in [0.1, 0.15) is 0 Å². The quantitative estimate of drug-likeness (QED) is 0.498.